The van der Waals surface area contributed by atoms with Crippen LogP contribution in [0.3, 0.4) is 0 Å². The molecule has 47 heavy (non-hydrogen) atoms. The van der Waals surface area contributed by atoms with E-state index in [9.17, 15) is 14.9 Å². The first-order valence-corrected chi connectivity index (χ1v) is 16.7. The van der Waals surface area contributed by atoms with Gasteiger partial charge in [-0.25, -0.2) is 4.99 Å². The number of allylic oxidation sites excluding steroid dienone is 1. The molecule has 1 atom stereocenters. The molecule has 6 rings (SSSR count). The number of amides is 1. The van der Waals surface area contributed by atoms with Crippen LogP contribution in [0.5, 0.6) is 5.75 Å². The summed E-state index contributed by atoms with van der Waals surface area (Å²) in [7, 11) is 0. The summed E-state index contributed by atoms with van der Waals surface area (Å²) in [6.45, 7) is 6.26. The lowest BCUT2D eigenvalue weighted by molar-refractivity contribution is -0.113. The van der Waals surface area contributed by atoms with Crippen molar-refractivity contribution < 1.29 is 9.53 Å². The maximum atomic E-state index is 14.3. The molecule has 0 saturated carbocycles. The van der Waals surface area contributed by atoms with Crippen LogP contribution in [0, 0.1) is 11.3 Å². The van der Waals surface area contributed by atoms with Gasteiger partial charge in [0, 0.05) is 21.3 Å². The number of rotatable bonds is 8. The Bertz CT molecular complexity index is 2230. The first-order valence-electron chi connectivity index (χ1n) is 15.1. The number of carbonyl (C=O) groups excluding carboxylic acids is 1. The highest BCUT2D eigenvalue weighted by molar-refractivity contribution is 9.10. The fraction of sp³-hybridized carbons (Fsp3) is 0.158. The van der Waals surface area contributed by atoms with E-state index in [1.807, 2.05) is 97.9 Å². The maximum absolute atomic E-state index is 14.3. The van der Waals surface area contributed by atoms with E-state index in [1.165, 1.54) is 11.3 Å². The predicted molar refractivity (Wildman–Crippen MR) is 189 cm³/mol. The highest BCUT2D eigenvalue weighted by atomic mass is 79.9. The third kappa shape index (κ3) is 6.75. The molecule has 4 aromatic carbocycles. The fourth-order valence-electron chi connectivity index (χ4n) is 5.53. The summed E-state index contributed by atoms with van der Waals surface area (Å²) < 4.78 is 9.08. The highest BCUT2D eigenvalue weighted by Crippen LogP contribution is 2.32. The third-order valence-corrected chi connectivity index (χ3v) is 9.47. The Kier molecular flexibility index (Phi) is 9.34. The van der Waals surface area contributed by atoms with Crippen molar-refractivity contribution in [1.82, 2.24) is 4.57 Å². The molecule has 0 saturated heterocycles. The van der Waals surface area contributed by atoms with Crippen molar-refractivity contribution in [3.05, 3.63) is 160 Å². The highest BCUT2D eigenvalue weighted by Gasteiger charge is 2.32. The van der Waals surface area contributed by atoms with E-state index in [0.29, 0.717) is 49.1 Å². The number of thiazole rings is 1. The van der Waals surface area contributed by atoms with E-state index >= 15 is 0 Å². The summed E-state index contributed by atoms with van der Waals surface area (Å²) in [4.78, 5) is 33.5. The van der Waals surface area contributed by atoms with E-state index in [2.05, 4.69) is 41.2 Å². The molecule has 1 aliphatic heterocycles. The molecular formula is C38H31BrN4O3S. The molecule has 1 amide bonds. The Balaban J connectivity index is 1.45. The number of benzene rings is 4. The minimum Gasteiger partial charge on any atom is -0.488 e. The van der Waals surface area contributed by atoms with Crippen molar-refractivity contribution in [2.75, 3.05) is 5.32 Å². The minimum absolute atomic E-state index is 0.193. The monoisotopic (exact) mass is 702 g/mol. The predicted octanol–water partition coefficient (Wildman–Crippen LogP) is 7.21. The molecule has 0 aliphatic carbocycles. The summed E-state index contributed by atoms with van der Waals surface area (Å²) in [5.41, 5.74) is 5.34. The quantitative estimate of drug-likeness (QED) is 0.185. The van der Waals surface area contributed by atoms with Crippen molar-refractivity contribution in [2.45, 2.75) is 39.3 Å². The lowest BCUT2D eigenvalue weighted by Crippen LogP contribution is -2.40. The normalized spacial score (nSPS) is 14.4. The number of carbonyl (C=O) groups is 1. The average molecular weight is 704 g/mol. The van der Waals surface area contributed by atoms with Crippen molar-refractivity contribution >= 4 is 44.9 Å². The first kappa shape index (κ1) is 31.9. The zero-order valence-electron chi connectivity index (χ0n) is 26.0. The summed E-state index contributed by atoms with van der Waals surface area (Å²) in [5, 5.41) is 12.5. The van der Waals surface area contributed by atoms with Crippen LogP contribution in [-0.4, -0.2) is 10.5 Å². The van der Waals surface area contributed by atoms with Gasteiger partial charge in [0.05, 0.1) is 33.5 Å². The lowest BCUT2D eigenvalue weighted by atomic mass is 9.93. The maximum Gasteiger partial charge on any atom is 0.271 e. The van der Waals surface area contributed by atoms with Crippen LogP contribution in [0.1, 0.15) is 60.5 Å². The van der Waals surface area contributed by atoms with Crippen molar-refractivity contribution in [3.63, 3.8) is 0 Å². The van der Waals surface area contributed by atoms with Gasteiger partial charge in [-0.15, -0.1) is 0 Å². The summed E-state index contributed by atoms with van der Waals surface area (Å²) >= 11 is 4.82. The first-order chi connectivity index (χ1) is 22.7. The van der Waals surface area contributed by atoms with Gasteiger partial charge in [-0.1, -0.05) is 102 Å². The number of ether oxygens (including phenoxy) is 1. The lowest BCUT2D eigenvalue weighted by Gasteiger charge is -2.25. The molecular weight excluding hydrogens is 672 g/mol. The Morgan fingerprint density at radius 1 is 1.06 bits per heavy atom. The molecule has 1 aromatic heterocycles. The van der Waals surface area contributed by atoms with Crippen LogP contribution >= 0.6 is 27.3 Å². The molecule has 1 N–H and O–H groups in total. The van der Waals surface area contributed by atoms with Crippen LogP contribution in [0.2, 0.25) is 0 Å². The van der Waals surface area contributed by atoms with Gasteiger partial charge < -0.3 is 10.1 Å². The molecule has 0 bridgehead atoms. The number of hydrogen-bond donors (Lipinski definition) is 1. The van der Waals surface area contributed by atoms with Gasteiger partial charge >= 0.3 is 0 Å². The summed E-state index contributed by atoms with van der Waals surface area (Å²) in [6.07, 6.45) is 1.79. The number of hydrogen-bond acceptors (Lipinski definition) is 6. The number of nitrogens with one attached hydrogen (secondary N) is 1. The molecule has 9 heteroatoms. The number of para-hydroxylation sites is 1. The number of anilines is 1. The van der Waals surface area contributed by atoms with Gasteiger partial charge in [0.1, 0.15) is 12.4 Å². The zero-order valence-corrected chi connectivity index (χ0v) is 28.4. The number of halogens is 1. The molecule has 0 radical (unpaired) electrons. The van der Waals surface area contributed by atoms with Gasteiger partial charge in [-0.2, -0.15) is 5.26 Å². The summed E-state index contributed by atoms with van der Waals surface area (Å²) in [5.74, 6) is 0.580. The SMILES string of the molecule is CC1=C(C(=O)Nc2ccccc2)[C@@H](c2ccc(C(C)C)cc2)n2c(s/c(=C\c3cc(Br)ccc3OCc3ccccc3C#N)c2=O)=N1. The summed E-state index contributed by atoms with van der Waals surface area (Å²) in [6, 6.07) is 31.7. The van der Waals surface area contributed by atoms with E-state index in [1.54, 1.807) is 16.7 Å². The number of nitrogens with zero attached hydrogens (tertiary/aromatic N) is 3. The largest absolute Gasteiger partial charge is 0.488 e. The van der Waals surface area contributed by atoms with Gasteiger partial charge in [-0.3, -0.25) is 14.2 Å². The van der Waals surface area contributed by atoms with Crippen molar-refractivity contribution in [2.24, 2.45) is 4.99 Å². The van der Waals surface area contributed by atoms with E-state index in [0.717, 1.165) is 21.2 Å². The molecule has 5 aromatic rings. The molecule has 0 unspecified atom stereocenters. The molecule has 1 aliphatic rings. The Morgan fingerprint density at radius 3 is 2.51 bits per heavy atom. The number of nitriles is 1. The smallest absolute Gasteiger partial charge is 0.271 e. The second-order valence-electron chi connectivity index (χ2n) is 11.5. The van der Waals surface area contributed by atoms with E-state index in [4.69, 9.17) is 9.73 Å². The third-order valence-electron chi connectivity index (χ3n) is 8.00. The van der Waals surface area contributed by atoms with E-state index < -0.39 is 6.04 Å². The number of aromatic nitrogens is 1. The Morgan fingerprint density at radius 2 is 1.79 bits per heavy atom. The second kappa shape index (κ2) is 13.8. The van der Waals surface area contributed by atoms with Gasteiger partial charge in [0.2, 0.25) is 0 Å². The zero-order chi connectivity index (χ0) is 33.1. The van der Waals surface area contributed by atoms with Crippen LogP contribution < -0.4 is 24.9 Å². The Labute approximate surface area is 285 Å². The standard InChI is InChI=1S/C38H31BrN4O3S/c1-23(2)25-13-15-26(16-14-25)35-34(36(44)42-31-11-5-4-6-12-31)24(3)41-38-43(35)37(45)33(47-38)20-29-19-30(39)17-18-32(29)46-22-28-10-8-7-9-27(28)21-40/h4-20,23,35H,22H2,1-3H3,(H,42,44)/b33-20-/t35-/m1/s1. The van der Waals surface area contributed by atoms with Gasteiger partial charge in [0.15, 0.2) is 4.80 Å². The molecule has 0 spiro atoms. The second-order valence-corrected chi connectivity index (χ2v) is 13.4. The van der Waals surface area contributed by atoms with Crippen molar-refractivity contribution in [3.8, 4) is 11.8 Å². The molecule has 234 valence electrons. The van der Waals surface area contributed by atoms with Crippen molar-refractivity contribution in [1.29, 1.82) is 5.26 Å². The Hall–Kier alpha value is -5.04. The molecule has 2 heterocycles. The topological polar surface area (TPSA) is 96.5 Å². The van der Waals surface area contributed by atoms with Crippen LogP contribution in [0.15, 0.2) is 123 Å². The fourth-order valence-corrected chi connectivity index (χ4v) is 6.94. The molecule has 0 fully saturated rings. The van der Waals surface area contributed by atoms with Crippen LogP contribution in [-0.2, 0) is 11.4 Å². The van der Waals surface area contributed by atoms with E-state index in [-0.39, 0.29) is 18.1 Å². The number of fused-ring (bicyclic) bond motifs is 1. The van der Waals surface area contributed by atoms with Crippen LogP contribution in [0.4, 0.5) is 5.69 Å². The van der Waals surface area contributed by atoms with Gasteiger partial charge in [0.25, 0.3) is 11.5 Å². The molecule has 7 nitrogen and oxygen atoms in total. The minimum atomic E-state index is -0.681. The van der Waals surface area contributed by atoms with Gasteiger partial charge in [-0.05, 0) is 66.4 Å². The average Bonchev–Trinajstić information content (AvgIpc) is 3.37. The van der Waals surface area contributed by atoms with Crippen LogP contribution in [0.25, 0.3) is 6.08 Å².